The Morgan fingerprint density at radius 2 is 2.32 bits per heavy atom. The number of hydrazine groups is 1. The van der Waals surface area contributed by atoms with Crippen LogP contribution in [-0.2, 0) is 10.0 Å². The molecule has 0 radical (unpaired) electrons. The van der Waals surface area contributed by atoms with Crippen LogP contribution in [0.4, 0.5) is 5.82 Å². The number of aromatic nitrogens is 1. The van der Waals surface area contributed by atoms with Crippen molar-refractivity contribution < 1.29 is 8.42 Å². The molecule has 106 valence electrons. The van der Waals surface area contributed by atoms with Crippen molar-refractivity contribution in [1.82, 2.24) is 9.71 Å². The zero-order valence-corrected chi connectivity index (χ0v) is 13.3. The molecule has 0 aromatic carbocycles. The van der Waals surface area contributed by atoms with Crippen molar-refractivity contribution in [2.75, 3.05) is 16.9 Å². The third-order valence-corrected chi connectivity index (χ3v) is 5.91. The van der Waals surface area contributed by atoms with Crippen molar-refractivity contribution >= 4 is 43.5 Å². The molecule has 1 fully saturated rings. The van der Waals surface area contributed by atoms with Gasteiger partial charge in [0.05, 0.1) is 0 Å². The second-order valence-corrected chi connectivity index (χ2v) is 7.93. The van der Waals surface area contributed by atoms with Gasteiger partial charge in [0.15, 0.2) is 5.82 Å². The number of nitrogen functional groups attached to an aromatic ring is 1. The number of thioether (sulfide) groups is 1. The summed E-state index contributed by atoms with van der Waals surface area (Å²) in [4.78, 5) is 4.00. The topological polar surface area (TPSA) is 97.1 Å². The van der Waals surface area contributed by atoms with E-state index in [-0.39, 0.29) is 16.8 Å². The summed E-state index contributed by atoms with van der Waals surface area (Å²) in [6, 6.07) is 1.45. The Hall–Kier alpha value is -0.350. The van der Waals surface area contributed by atoms with Gasteiger partial charge in [0.25, 0.3) is 0 Å². The van der Waals surface area contributed by atoms with Gasteiger partial charge in [0.2, 0.25) is 10.0 Å². The van der Waals surface area contributed by atoms with Crippen molar-refractivity contribution in [1.29, 1.82) is 0 Å². The molecule has 1 unspecified atom stereocenters. The van der Waals surface area contributed by atoms with Gasteiger partial charge in [-0.15, -0.1) is 0 Å². The van der Waals surface area contributed by atoms with Gasteiger partial charge in [-0.3, -0.25) is 0 Å². The second-order valence-electron chi connectivity index (χ2n) is 4.18. The smallest absolute Gasteiger partial charge is 0.244 e. The first-order valence-electron chi connectivity index (χ1n) is 5.75. The molecule has 0 amide bonds. The molecule has 1 aromatic rings. The van der Waals surface area contributed by atoms with Crippen LogP contribution in [0, 0.1) is 0 Å². The lowest BCUT2D eigenvalue weighted by atomic mass is 10.2. The van der Waals surface area contributed by atoms with Gasteiger partial charge in [0.1, 0.15) is 4.90 Å². The lowest BCUT2D eigenvalue weighted by molar-refractivity contribution is 0.543. The predicted octanol–water partition coefficient (Wildman–Crippen LogP) is 1.30. The van der Waals surface area contributed by atoms with Crippen LogP contribution in [0.25, 0.3) is 0 Å². The quantitative estimate of drug-likeness (QED) is 0.548. The fourth-order valence-electron chi connectivity index (χ4n) is 1.85. The zero-order valence-electron chi connectivity index (χ0n) is 10.1. The van der Waals surface area contributed by atoms with E-state index >= 15 is 0 Å². The van der Waals surface area contributed by atoms with Gasteiger partial charge in [-0.2, -0.15) is 11.8 Å². The first kappa shape index (κ1) is 15.0. The van der Waals surface area contributed by atoms with Crippen LogP contribution in [0.2, 0.25) is 0 Å². The Morgan fingerprint density at radius 3 is 2.95 bits per heavy atom. The van der Waals surface area contributed by atoms with Crippen molar-refractivity contribution in [2.45, 2.75) is 23.8 Å². The molecule has 1 saturated heterocycles. The highest BCUT2D eigenvalue weighted by atomic mass is 79.9. The fraction of sp³-hybridized carbons (Fsp3) is 0.500. The molecule has 1 aliphatic heterocycles. The van der Waals surface area contributed by atoms with Crippen LogP contribution in [0.3, 0.4) is 0 Å². The first-order valence-corrected chi connectivity index (χ1v) is 9.18. The number of anilines is 1. The van der Waals surface area contributed by atoms with Crippen LogP contribution in [0.15, 0.2) is 21.6 Å². The molecule has 0 saturated carbocycles. The highest BCUT2D eigenvalue weighted by Crippen LogP contribution is 2.24. The molecule has 1 atom stereocenters. The van der Waals surface area contributed by atoms with Gasteiger partial charge >= 0.3 is 0 Å². The fourth-order valence-corrected chi connectivity index (χ4v) is 4.93. The molecule has 0 aliphatic carbocycles. The monoisotopic (exact) mass is 366 g/mol. The molecule has 1 aromatic heterocycles. The predicted molar refractivity (Wildman–Crippen MR) is 80.4 cm³/mol. The third kappa shape index (κ3) is 3.82. The highest BCUT2D eigenvalue weighted by Gasteiger charge is 2.25. The molecule has 0 spiro atoms. The molecule has 2 heterocycles. The van der Waals surface area contributed by atoms with E-state index in [2.05, 4.69) is 31.1 Å². The number of hydrogen-bond acceptors (Lipinski definition) is 6. The largest absolute Gasteiger partial charge is 0.307 e. The Labute approximate surface area is 125 Å². The second kappa shape index (κ2) is 6.40. The number of nitrogens with one attached hydrogen (secondary N) is 2. The van der Waals surface area contributed by atoms with Crippen LogP contribution < -0.4 is 16.0 Å². The number of halogens is 1. The first-order chi connectivity index (χ1) is 9.03. The summed E-state index contributed by atoms with van der Waals surface area (Å²) in [7, 11) is -3.62. The third-order valence-electron chi connectivity index (χ3n) is 2.73. The van der Waals surface area contributed by atoms with Gasteiger partial charge in [-0.25, -0.2) is 24.0 Å². The summed E-state index contributed by atoms with van der Waals surface area (Å²) in [6.07, 6.45) is 3.38. The summed E-state index contributed by atoms with van der Waals surface area (Å²) in [5.41, 5.74) is 2.31. The average molecular weight is 367 g/mol. The highest BCUT2D eigenvalue weighted by molar-refractivity contribution is 9.10. The summed E-state index contributed by atoms with van der Waals surface area (Å²) < 4.78 is 28.0. The van der Waals surface area contributed by atoms with E-state index in [1.165, 1.54) is 12.3 Å². The molecule has 6 nitrogen and oxygen atoms in total. The van der Waals surface area contributed by atoms with E-state index in [4.69, 9.17) is 5.84 Å². The minimum absolute atomic E-state index is 0.0339. The Balaban J connectivity index is 2.25. The summed E-state index contributed by atoms with van der Waals surface area (Å²) in [6.45, 7) is 0. The van der Waals surface area contributed by atoms with Gasteiger partial charge < -0.3 is 5.43 Å². The summed E-state index contributed by atoms with van der Waals surface area (Å²) in [5, 5.41) is 0. The van der Waals surface area contributed by atoms with Crippen molar-refractivity contribution in [3.8, 4) is 0 Å². The molecule has 2 rings (SSSR count). The van der Waals surface area contributed by atoms with Crippen LogP contribution >= 0.6 is 27.7 Å². The normalized spacial score (nSPS) is 20.2. The minimum Gasteiger partial charge on any atom is -0.307 e. The van der Waals surface area contributed by atoms with Crippen molar-refractivity contribution in [3.63, 3.8) is 0 Å². The SMILES string of the molecule is NNc1ncc(Br)cc1S(=O)(=O)NC1CCCSC1. The van der Waals surface area contributed by atoms with E-state index in [0.29, 0.717) is 4.47 Å². The zero-order chi connectivity index (χ0) is 13.9. The van der Waals surface area contributed by atoms with Gasteiger partial charge in [0, 0.05) is 22.5 Å². The van der Waals surface area contributed by atoms with E-state index < -0.39 is 10.0 Å². The molecular weight excluding hydrogens is 352 g/mol. The van der Waals surface area contributed by atoms with Crippen LogP contribution in [0.5, 0.6) is 0 Å². The number of hydrogen-bond donors (Lipinski definition) is 3. The van der Waals surface area contributed by atoms with Gasteiger partial charge in [-0.05, 0) is 40.6 Å². The molecule has 1 aliphatic rings. The maximum Gasteiger partial charge on any atom is 0.244 e. The van der Waals surface area contributed by atoms with E-state index in [9.17, 15) is 8.42 Å². The molecule has 0 bridgehead atoms. The molecule has 4 N–H and O–H groups in total. The maximum atomic E-state index is 12.4. The number of nitrogens with zero attached hydrogens (tertiary/aromatic N) is 1. The average Bonchev–Trinajstić information content (AvgIpc) is 2.39. The Bertz CT molecular complexity index is 546. The van der Waals surface area contributed by atoms with Crippen LogP contribution in [-0.4, -0.2) is 30.9 Å². The summed E-state index contributed by atoms with van der Waals surface area (Å²) in [5.74, 6) is 7.33. The maximum absolute atomic E-state index is 12.4. The standard InChI is InChI=1S/C10H15BrN4O2S2/c11-7-4-9(10(14-12)13-5-7)19(16,17)15-8-2-1-3-18-6-8/h4-5,8,15H,1-3,6,12H2,(H,13,14). The number of sulfonamides is 1. The van der Waals surface area contributed by atoms with E-state index in [0.717, 1.165) is 24.3 Å². The Morgan fingerprint density at radius 1 is 1.53 bits per heavy atom. The van der Waals surface area contributed by atoms with E-state index in [1.807, 2.05) is 0 Å². The van der Waals surface area contributed by atoms with E-state index in [1.54, 1.807) is 11.8 Å². The van der Waals surface area contributed by atoms with Gasteiger partial charge in [-0.1, -0.05) is 0 Å². The van der Waals surface area contributed by atoms with Crippen LogP contribution in [0.1, 0.15) is 12.8 Å². The minimum atomic E-state index is -3.62. The van der Waals surface area contributed by atoms with Crippen molar-refractivity contribution in [2.24, 2.45) is 5.84 Å². The number of pyridine rings is 1. The lowest BCUT2D eigenvalue weighted by Crippen LogP contribution is -2.38. The van der Waals surface area contributed by atoms with Crippen molar-refractivity contribution in [3.05, 3.63) is 16.7 Å². The molecule has 9 heteroatoms. The Kier molecular flexibility index (Phi) is 5.07. The number of rotatable bonds is 4. The summed E-state index contributed by atoms with van der Waals surface area (Å²) >= 11 is 4.98. The molecular formula is C10H15BrN4O2S2. The molecule has 19 heavy (non-hydrogen) atoms. The number of nitrogens with two attached hydrogens (primary N) is 1. The lowest BCUT2D eigenvalue weighted by Gasteiger charge is -2.22.